The van der Waals surface area contributed by atoms with E-state index in [1.54, 1.807) is 12.1 Å². The normalized spacial score (nSPS) is 19.1. The molecule has 9 heteroatoms. The standard InChI is InChI=1S/C51H57N3.C45H45N3.C6H4Cl2.Ir/c1-37-13-7-10-16-46(37)49-28-25-40(34-52(49)4)19-22-43-31-44(23-20-41-26-29-50(53(5)35-41)47-17-11-8-14-38(47)2)33-45(32-43)24-21-42-27-30-51(54(6)36-42)48-18-12-9-15-39(48)3;1-4-10-40(11-5-1)43-25-22-34(31-46-43)16-19-37-28-38(20-17-35-23-26-44(47-32-35)41-12-6-2-7-13-41)30-39(29-37)21-18-36-24-27-45(48-33-36)42-14-8-3-9-15-42;7-5-3-1-2-4-6(5)8;/h7-18,25-30,34-36,43-45H,4-6,19-24,31-33H2,1-3H3;1-15,22-27,31-33,37-39H,16-21,28-30H2;1-4H;/t43?,44-,45+;;;. The molecule has 2 fully saturated rings. The van der Waals surface area contributed by atoms with Crippen LogP contribution in [0.15, 0.2) is 309 Å². The predicted molar refractivity (Wildman–Crippen MR) is 460 cm³/mol. The third-order valence-electron chi connectivity index (χ3n) is 23.1. The Balaban J connectivity index is 0.000000187. The molecule has 0 saturated heterocycles. The van der Waals surface area contributed by atoms with Gasteiger partial charge < -0.3 is 0 Å². The van der Waals surface area contributed by atoms with E-state index >= 15 is 0 Å². The van der Waals surface area contributed by atoms with Crippen LogP contribution >= 0.6 is 23.2 Å². The Hall–Kier alpha value is -9.72. The zero-order valence-electron chi connectivity index (χ0n) is 64.9. The van der Waals surface area contributed by atoms with Crippen molar-refractivity contribution in [3.63, 3.8) is 0 Å². The minimum atomic E-state index is 0. The van der Waals surface area contributed by atoms with Crippen LogP contribution in [0.1, 0.15) is 141 Å². The smallest absolute Gasteiger partial charge is 0.168 e. The molecule has 0 bridgehead atoms. The van der Waals surface area contributed by atoms with Crippen molar-refractivity contribution in [3.8, 4) is 33.8 Å². The van der Waals surface area contributed by atoms with Gasteiger partial charge in [0.1, 0.15) is 36.6 Å². The van der Waals surface area contributed by atoms with Gasteiger partial charge in [-0.2, -0.15) is 0 Å². The second-order valence-corrected chi connectivity index (χ2v) is 31.9. The molecule has 10 aromatic rings. The quantitative estimate of drug-likeness (QED) is 0.0474. The molecule has 3 aliphatic carbocycles. The third-order valence-corrected chi connectivity index (χ3v) is 23.8. The summed E-state index contributed by atoms with van der Waals surface area (Å²) < 4.78 is 6.22. The van der Waals surface area contributed by atoms with E-state index < -0.39 is 0 Å². The maximum atomic E-state index is 5.58. The Kier molecular flexibility index (Phi) is 29.5. The van der Waals surface area contributed by atoms with Crippen molar-refractivity contribution in [2.45, 2.75) is 136 Å². The summed E-state index contributed by atoms with van der Waals surface area (Å²) in [5, 5.41) is 2.38. The topological polar surface area (TPSA) is 50.6 Å². The number of aryl methyl sites for hydroxylation is 6. The van der Waals surface area contributed by atoms with Gasteiger partial charge in [0.2, 0.25) is 0 Å². The van der Waals surface area contributed by atoms with Crippen molar-refractivity contribution in [1.82, 2.24) is 15.0 Å². The summed E-state index contributed by atoms with van der Waals surface area (Å²) in [4.78, 5) is 14.4. The summed E-state index contributed by atoms with van der Waals surface area (Å²) in [5.74, 6) is 5.71. The number of halogens is 2. The largest absolute Gasteiger partial charge is 0.256 e. The van der Waals surface area contributed by atoms with Gasteiger partial charge in [-0.25, -0.2) is 4.24 Å². The fourth-order valence-electron chi connectivity index (χ4n) is 17.1. The van der Waals surface area contributed by atoms with Crippen LogP contribution in [-0.2, 0) is 45.8 Å². The molecule has 567 valence electrons. The molecule has 3 atom stereocenters. The minimum Gasteiger partial charge on any atom is -0.256 e. The number of hydrogen-bond donors (Lipinski definition) is 0. The van der Waals surface area contributed by atoms with E-state index in [4.69, 9.17) is 38.2 Å². The van der Waals surface area contributed by atoms with Gasteiger partial charge in [0.05, 0.1) is 40.6 Å². The molecule has 2 aliphatic heterocycles. The van der Waals surface area contributed by atoms with Crippen molar-refractivity contribution in [1.29, 1.82) is 0 Å². The van der Waals surface area contributed by atoms with Crippen LogP contribution in [0.3, 0.4) is 0 Å². The summed E-state index contributed by atoms with van der Waals surface area (Å²) in [5.41, 5.74) is 21.2. The maximum Gasteiger partial charge on any atom is 0.168 e. The maximum absolute atomic E-state index is 5.58. The second kappa shape index (κ2) is 40.5. The van der Waals surface area contributed by atoms with Crippen molar-refractivity contribution in [2.24, 2.45) is 35.5 Å². The molecule has 0 N–H and O–H groups in total. The monoisotopic (exact) mass is 1680 g/mol. The van der Waals surface area contributed by atoms with E-state index in [1.165, 1.54) is 178 Å². The van der Waals surface area contributed by atoms with Crippen molar-refractivity contribution < 1.29 is 33.5 Å². The second-order valence-electron chi connectivity index (χ2n) is 31.1. The van der Waals surface area contributed by atoms with Gasteiger partial charge in [-0.1, -0.05) is 237 Å². The van der Waals surface area contributed by atoms with Crippen LogP contribution < -0.4 is 9.59 Å². The number of nitrogens with zero attached hydrogens (tertiary/aromatic N) is 6. The fraction of sp³-hybridized carbons (Fsp3) is 0.265. The van der Waals surface area contributed by atoms with E-state index in [0.29, 0.717) is 10.0 Å². The van der Waals surface area contributed by atoms with Crippen LogP contribution in [0.2, 0.25) is 10.0 Å². The Morgan fingerprint density at radius 3 is 1.05 bits per heavy atom. The van der Waals surface area contributed by atoms with Gasteiger partial charge in [-0.05, 0) is 239 Å². The Morgan fingerprint density at radius 2 is 0.721 bits per heavy atom. The zero-order valence-corrected chi connectivity index (χ0v) is 68.8. The Labute approximate surface area is 685 Å². The molecule has 6 aromatic carbocycles. The number of benzene rings is 6. The van der Waals surface area contributed by atoms with Gasteiger partial charge in [0, 0.05) is 60.9 Å². The molecule has 2 saturated carbocycles. The van der Waals surface area contributed by atoms with E-state index in [1.807, 2.05) is 12.1 Å². The van der Waals surface area contributed by atoms with E-state index in [-0.39, 0.29) is 20.1 Å². The molecule has 4 aromatic heterocycles. The van der Waals surface area contributed by atoms with Gasteiger partial charge >= 0.3 is 0 Å². The summed E-state index contributed by atoms with van der Waals surface area (Å²) in [6.07, 6.45) is 52.7. The molecule has 0 amide bonds. The fourth-order valence-corrected chi connectivity index (χ4v) is 17.4. The number of allylic oxidation sites excluding steroid dienone is 8. The summed E-state index contributed by atoms with van der Waals surface area (Å²) in [6, 6.07) is 76.1. The number of rotatable bonds is 23. The Bertz CT molecular complexity index is 4680. The summed E-state index contributed by atoms with van der Waals surface area (Å²) in [7, 11) is 0. The zero-order chi connectivity index (χ0) is 76.0. The van der Waals surface area contributed by atoms with Crippen molar-refractivity contribution in [2.75, 3.05) is 0 Å². The summed E-state index contributed by atoms with van der Waals surface area (Å²) >= 11 is 11.2. The molecule has 1 radical (unpaired) electrons. The van der Waals surface area contributed by atoms with E-state index in [0.717, 1.165) is 91.1 Å². The first-order chi connectivity index (χ1) is 53.8. The van der Waals surface area contributed by atoms with Gasteiger partial charge in [0.25, 0.3) is 0 Å². The van der Waals surface area contributed by atoms with Crippen LogP contribution in [0, 0.1) is 74.1 Å². The van der Waals surface area contributed by atoms with E-state index in [2.05, 4.69) is 328 Å². The molecule has 0 spiro atoms. The predicted octanol–water partition coefficient (Wildman–Crippen LogP) is 24.2. The average Bonchev–Trinajstić information content (AvgIpc) is 0.826. The summed E-state index contributed by atoms with van der Waals surface area (Å²) in [6.45, 7) is 19.7. The molecule has 5 aliphatic rings. The van der Waals surface area contributed by atoms with Crippen molar-refractivity contribution in [3.05, 3.63) is 394 Å². The first kappa shape index (κ1) is 80.8. The molecular weight excluding hydrogens is 1570 g/mol. The van der Waals surface area contributed by atoms with Crippen LogP contribution in [-0.4, -0.2) is 37.5 Å². The van der Waals surface area contributed by atoms with Crippen LogP contribution in [0.25, 0.3) is 39.3 Å². The first-order valence-corrected chi connectivity index (χ1v) is 40.7. The van der Waals surface area contributed by atoms with Crippen LogP contribution in [0.4, 0.5) is 0 Å². The SMILES string of the molecule is C=[N+]1C=C(CC[C@@H]2CC(CCc3ccc(=C4C=CC=C[C-]4C)[n+](=C)c3)C[C@H](CCC3=C[N+](=C)[C-](c4ccccc4C)C=C3)C2)C=C[C-]1c1ccccc1C.Clc1ccccc1Cl.[Ir].c1ccc(-c2ccc(CCC3CC(CCc4ccc(-c5ccccc5)nc4)CC(CCc4ccc(-c5ccccc5)nc4)C3)cn2)cc1. The molecular formula is C102H106Cl2IrN6. The third kappa shape index (κ3) is 23.0. The molecule has 111 heavy (non-hydrogen) atoms. The number of pyridine rings is 4. The Morgan fingerprint density at radius 1 is 0.378 bits per heavy atom. The van der Waals surface area contributed by atoms with E-state index in [9.17, 15) is 0 Å². The average molecular weight is 1680 g/mol. The molecule has 6 nitrogen and oxygen atoms in total. The minimum absolute atomic E-state index is 0. The molecule has 1 unspecified atom stereocenters. The van der Waals surface area contributed by atoms with Gasteiger partial charge in [-0.15, -0.1) is 42.4 Å². The van der Waals surface area contributed by atoms with Crippen LogP contribution in [0.5, 0.6) is 0 Å². The molecule has 6 heterocycles. The first-order valence-electron chi connectivity index (χ1n) is 39.9. The van der Waals surface area contributed by atoms with Gasteiger partial charge in [0.15, 0.2) is 6.20 Å². The molecule has 15 rings (SSSR count). The number of aromatic nitrogens is 4. The van der Waals surface area contributed by atoms with Crippen molar-refractivity contribution >= 4 is 42.2 Å². The van der Waals surface area contributed by atoms with Gasteiger partial charge in [-0.3, -0.25) is 24.1 Å². The number of hydrogen-bond acceptors (Lipinski definition) is 3.